The van der Waals surface area contributed by atoms with Crippen molar-refractivity contribution in [1.29, 1.82) is 0 Å². The van der Waals surface area contributed by atoms with Crippen LogP contribution in [0.5, 0.6) is 0 Å². The van der Waals surface area contributed by atoms with E-state index in [0.717, 1.165) is 6.20 Å². The molecular weight excluding hydrogens is 221 g/mol. The third kappa shape index (κ3) is 2.78. The maximum atomic E-state index is 12.6. The average Bonchev–Trinajstić information content (AvgIpc) is 2.33. The lowest BCUT2D eigenvalue weighted by Gasteiger charge is -2.04. The zero-order valence-corrected chi connectivity index (χ0v) is 8.85. The molecule has 0 saturated carbocycles. The summed E-state index contributed by atoms with van der Waals surface area (Å²) in [5.74, 6) is -0.871. The number of carbonyl (C=O) groups excluding carboxylic acids is 1. The van der Waals surface area contributed by atoms with Crippen LogP contribution in [0.25, 0.3) is 0 Å². The number of rotatable bonds is 2. The molecule has 1 amide bonds. The third-order valence-electron chi connectivity index (χ3n) is 2.13. The lowest BCUT2D eigenvalue weighted by Crippen LogP contribution is -2.13. The lowest BCUT2D eigenvalue weighted by molar-refractivity contribution is 0.102. The number of nitrogens with one attached hydrogen (secondary N) is 1. The van der Waals surface area contributed by atoms with Gasteiger partial charge in [-0.1, -0.05) is 0 Å². The molecule has 0 radical (unpaired) electrons. The summed E-state index contributed by atoms with van der Waals surface area (Å²) in [5.41, 5.74) is 6.89. The van der Waals surface area contributed by atoms with E-state index in [-0.39, 0.29) is 5.69 Å². The number of nitrogen functional groups attached to an aromatic ring is 1. The van der Waals surface area contributed by atoms with Crippen molar-refractivity contribution >= 4 is 17.3 Å². The van der Waals surface area contributed by atoms with Crippen LogP contribution in [0, 0.1) is 5.82 Å². The molecule has 1 heterocycles. The van der Waals surface area contributed by atoms with E-state index in [1.807, 2.05) is 0 Å². The van der Waals surface area contributed by atoms with Crippen LogP contribution >= 0.6 is 0 Å². The van der Waals surface area contributed by atoms with Gasteiger partial charge in [0.25, 0.3) is 5.91 Å². The minimum atomic E-state index is -0.478. The molecule has 3 N–H and O–H groups in total. The number of hydrogen-bond donors (Lipinski definition) is 2. The quantitative estimate of drug-likeness (QED) is 0.777. The molecule has 2 rings (SSSR count). The summed E-state index contributed by atoms with van der Waals surface area (Å²) in [6, 6.07) is 9.21. The Balaban J connectivity index is 2.11. The number of carbonyl (C=O) groups is 1. The van der Waals surface area contributed by atoms with Crippen LogP contribution in [0.3, 0.4) is 0 Å². The van der Waals surface area contributed by atoms with Gasteiger partial charge in [-0.15, -0.1) is 0 Å². The summed E-state index contributed by atoms with van der Waals surface area (Å²) in [6.07, 6.45) is 0.998. The highest BCUT2D eigenvalue weighted by Crippen LogP contribution is 2.11. The molecule has 0 saturated heterocycles. The van der Waals surface area contributed by atoms with E-state index in [1.54, 1.807) is 24.3 Å². The van der Waals surface area contributed by atoms with E-state index in [0.29, 0.717) is 11.4 Å². The Morgan fingerprint density at radius 1 is 1.18 bits per heavy atom. The summed E-state index contributed by atoms with van der Waals surface area (Å²) < 4.78 is 12.6. The van der Waals surface area contributed by atoms with Crippen molar-refractivity contribution in [1.82, 2.24) is 4.98 Å². The van der Waals surface area contributed by atoms with Gasteiger partial charge in [0.05, 0.1) is 6.20 Å². The van der Waals surface area contributed by atoms with Crippen LogP contribution in [-0.2, 0) is 0 Å². The van der Waals surface area contributed by atoms with Crippen molar-refractivity contribution in [2.45, 2.75) is 0 Å². The van der Waals surface area contributed by atoms with Crippen LogP contribution in [-0.4, -0.2) is 10.9 Å². The van der Waals surface area contributed by atoms with Gasteiger partial charge in [0.15, 0.2) is 0 Å². The number of pyridine rings is 1. The summed E-state index contributed by atoms with van der Waals surface area (Å²) in [6.45, 7) is 0. The lowest BCUT2D eigenvalue weighted by atomic mass is 10.2. The van der Waals surface area contributed by atoms with E-state index >= 15 is 0 Å². The first kappa shape index (κ1) is 11.1. The Kier molecular flexibility index (Phi) is 3.00. The SMILES string of the molecule is Nc1ccc(NC(=O)c2ccc(F)cn2)cc1. The molecule has 0 aliphatic heterocycles. The van der Waals surface area contributed by atoms with Gasteiger partial charge in [-0.25, -0.2) is 9.37 Å². The molecule has 0 bridgehead atoms. The van der Waals surface area contributed by atoms with Crippen molar-refractivity contribution < 1.29 is 9.18 Å². The molecule has 0 aliphatic carbocycles. The summed E-state index contributed by atoms with van der Waals surface area (Å²) >= 11 is 0. The molecule has 4 nitrogen and oxygen atoms in total. The van der Waals surface area contributed by atoms with Crippen LogP contribution in [0.4, 0.5) is 15.8 Å². The molecule has 1 aromatic heterocycles. The van der Waals surface area contributed by atoms with Crippen molar-refractivity contribution in [2.24, 2.45) is 0 Å². The van der Waals surface area contributed by atoms with Crippen molar-refractivity contribution in [2.75, 3.05) is 11.1 Å². The first-order valence-corrected chi connectivity index (χ1v) is 4.93. The summed E-state index contributed by atoms with van der Waals surface area (Å²) in [4.78, 5) is 15.4. The first-order chi connectivity index (χ1) is 8.15. The zero-order valence-electron chi connectivity index (χ0n) is 8.85. The molecule has 0 aliphatic rings. The summed E-state index contributed by atoms with van der Waals surface area (Å²) in [7, 11) is 0. The molecule has 0 atom stereocenters. The maximum Gasteiger partial charge on any atom is 0.274 e. The molecular formula is C12H10FN3O. The predicted molar refractivity (Wildman–Crippen MR) is 63.0 cm³/mol. The molecule has 0 spiro atoms. The normalized spacial score (nSPS) is 9.94. The Morgan fingerprint density at radius 3 is 2.47 bits per heavy atom. The van der Waals surface area contributed by atoms with Crippen molar-refractivity contribution in [3.63, 3.8) is 0 Å². The van der Waals surface area contributed by atoms with Gasteiger partial charge in [0.1, 0.15) is 11.5 Å². The van der Waals surface area contributed by atoms with Gasteiger partial charge in [0, 0.05) is 11.4 Å². The number of nitrogens with zero attached hydrogens (tertiary/aromatic N) is 1. The van der Waals surface area contributed by atoms with Gasteiger partial charge in [0.2, 0.25) is 0 Å². The second-order valence-electron chi connectivity index (χ2n) is 3.44. The second kappa shape index (κ2) is 4.61. The molecule has 2 aromatic rings. The monoisotopic (exact) mass is 231 g/mol. The molecule has 5 heteroatoms. The molecule has 1 aromatic carbocycles. The van der Waals surface area contributed by atoms with Gasteiger partial charge < -0.3 is 11.1 Å². The standard InChI is InChI=1S/C12H10FN3O/c13-8-1-6-11(15-7-8)12(17)16-10-4-2-9(14)3-5-10/h1-7H,14H2,(H,16,17). The largest absolute Gasteiger partial charge is 0.399 e. The highest BCUT2D eigenvalue weighted by Gasteiger charge is 2.07. The van der Waals surface area contributed by atoms with E-state index in [9.17, 15) is 9.18 Å². The van der Waals surface area contributed by atoms with Crippen molar-refractivity contribution in [3.8, 4) is 0 Å². The molecule has 17 heavy (non-hydrogen) atoms. The molecule has 0 unspecified atom stereocenters. The van der Waals surface area contributed by atoms with Gasteiger partial charge in [-0.2, -0.15) is 0 Å². The highest BCUT2D eigenvalue weighted by molar-refractivity contribution is 6.02. The second-order valence-corrected chi connectivity index (χ2v) is 3.44. The molecule has 86 valence electrons. The van der Waals surface area contributed by atoms with Gasteiger partial charge in [-0.05, 0) is 36.4 Å². The van der Waals surface area contributed by atoms with E-state index in [1.165, 1.54) is 12.1 Å². The fourth-order valence-corrected chi connectivity index (χ4v) is 1.27. The minimum Gasteiger partial charge on any atom is -0.399 e. The number of aromatic nitrogens is 1. The number of anilines is 2. The number of nitrogens with two attached hydrogens (primary N) is 1. The van der Waals surface area contributed by atoms with Gasteiger partial charge >= 0.3 is 0 Å². The average molecular weight is 231 g/mol. The Labute approximate surface area is 97.3 Å². The van der Waals surface area contributed by atoms with Crippen LogP contribution in [0.2, 0.25) is 0 Å². The van der Waals surface area contributed by atoms with Crippen LogP contribution in [0.1, 0.15) is 10.5 Å². The van der Waals surface area contributed by atoms with Crippen LogP contribution < -0.4 is 11.1 Å². The summed E-state index contributed by atoms with van der Waals surface area (Å²) in [5, 5.41) is 2.63. The number of hydrogen-bond acceptors (Lipinski definition) is 3. The van der Waals surface area contributed by atoms with E-state index in [2.05, 4.69) is 10.3 Å². The first-order valence-electron chi connectivity index (χ1n) is 4.93. The number of benzene rings is 1. The third-order valence-corrected chi connectivity index (χ3v) is 2.13. The molecule has 0 fully saturated rings. The van der Waals surface area contributed by atoms with Crippen LogP contribution in [0.15, 0.2) is 42.6 Å². The minimum absolute atomic E-state index is 0.156. The van der Waals surface area contributed by atoms with Crippen molar-refractivity contribution in [3.05, 3.63) is 54.1 Å². The Hall–Kier alpha value is -2.43. The number of halogens is 1. The van der Waals surface area contributed by atoms with E-state index < -0.39 is 11.7 Å². The highest BCUT2D eigenvalue weighted by atomic mass is 19.1. The maximum absolute atomic E-state index is 12.6. The van der Waals surface area contributed by atoms with Gasteiger partial charge in [-0.3, -0.25) is 4.79 Å². The zero-order chi connectivity index (χ0) is 12.3. The fourth-order valence-electron chi connectivity index (χ4n) is 1.27. The predicted octanol–water partition coefficient (Wildman–Crippen LogP) is 2.06. The number of amides is 1. The van der Waals surface area contributed by atoms with E-state index in [4.69, 9.17) is 5.73 Å². The fraction of sp³-hybridized carbons (Fsp3) is 0. The smallest absolute Gasteiger partial charge is 0.274 e. The Morgan fingerprint density at radius 2 is 1.88 bits per heavy atom. The topological polar surface area (TPSA) is 68.0 Å². The Bertz CT molecular complexity index is 522.